The number of aliphatic imine (C=N–C) groups is 1. The molecule has 2 aliphatic heterocycles. The highest BCUT2D eigenvalue weighted by atomic mass is 127. The van der Waals surface area contributed by atoms with Crippen LogP contribution in [-0.2, 0) is 4.74 Å². The van der Waals surface area contributed by atoms with Crippen LogP contribution in [0.15, 0.2) is 23.3 Å². The van der Waals surface area contributed by atoms with Crippen molar-refractivity contribution >= 4 is 35.8 Å². The number of pyridine rings is 1. The van der Waals surface area contributed by atoms with Crippen molar-refractivity contribution in [2.24, 2.45) is 4.99 Å². The zero-order chi connectivity index (χ0) is 18.4. The number of likely N-dealkylation sites (N-methyl/N-ethyl adjacent to an activating group) is 1. The molecule has 27 heavy (non-hydrogen) atoms. The summed E-state index contributed by atoms with van der Waals surface area (Å²) in [5.41, 5.74) is 0. The Labute approximate surface area is 177 Å². The van der Waals surface area contributed by atoms with Crippen LogP contribution in [0.5, 0.6) is 0 Å². The standard InChI is InChI=1S/C18H29FN6O.HI/c1-3-20-18(22-11-15-13-24(2)9-10-26-15)23-14-6-8-25(12-14)17-16(19)5-4-7-21-17;/h4-5,7,14-15H,3,6,8-13H2,1-2H3,(H2,20,22,23);1H. The minimum Gasteiger partial charge on any atom is -0.374 e. The molecule has 0 aromatic carbocycles. The first-order valence-electron chi connectivity index (χ1n) is 9.36. The molecule has 0 saturated carbocycles. The molecule has 2 unspecified atom stereocenters. The Morgan fingerprint density at radius 3 is 3.00 bits per heavy atom. The lowest BCUT2D eigenvalue weighted by atomic mass is 10.2. The van der Waals surface area contributed by atoms with Crippen molar-refractivity contribution in [1.29, 1.82) is 0 Å². The number of nitrogens with zero attached hydrogens (tertiary/aromatic N) is 4. The zero-order valence-electron chi connectivity index (χ0n) is 16.0. The van der Waals surface area contributed by atoms with Gasteiger partial charge >= 0.3 is 0 Å². The molecular formula is C18H30FIN6O. The number of hydrogen-bond donors (Lipinski definition) is 2. The van der Waals surface area contributed by atoms with Crippen LogP contribution in [0.25, 0.3) is 0 Å². The fraction of sp³-hybridized carbons (Fsp3) is 0.667. The molecule has 0 amide bonds. The molecule has 2 aliphatic rings. The third-order valence-corrected chi connectivity index (χ3v) is 4.71. The van der Waals surface area contributed by atoms with Crippen LogP contribution in [-0.4, -0.2) is 80.9 Å². The van der Waals surface area contributed by atoms with Gasteiger partial charge in [0, 0.05) is 45.0 Å². The van der Waals surface area contributed by atoms with Crippen molar-refractivity contribution in [3.63, 3.8) is 0 Å². The van der Waals surface area contributed by atoms with Crippen molar-refractivity contribution < 1.29 is 9.13 Å². The maximum atomic E-state index is 13.9. The normalized spacial score (nSPS) is 23.8. The van der Waals surface area contributed by atoms with Gasteiger partial charge in [-0.1, -0.05) is 0 Å². The van der Waals surface area contributed by atoms with Gasteiger partial charge in [-0.05, 0) is 32.5 Å². The van der Waals surface area contributed by atoms with Gasteiger partial charge in [-0.15, -0.1) is 24.0 Å². The Morgan fingerprint density at radius 2 is 2.26 bits per heavy atom. The fourth-order valence-electron chi connectivity index (χ4n) is 3.36. The summed E-state index contributed by atoms with van der Waals surface area (Å²) in [6.45, 7) is 7.59. The topological polar surface area (TPSA) is 65.0 Å². The molecule has 2 atom stereocenters. The van der Waals surface area contributed by atoms with E-state index in [1.165, 1.54) is 6.07 Å². The summed E-state index contributed by atoms with van der Waals surface area (Å²) in [5, 5.41) is 6.75. The number of aromatic nitrogens is 1. The van der Waals surface area contributed by atoms with Gasteiger partial charge in [-0.25, -0.2) is 9.37 Å². The Kier molecular flexibility index (Phi) is 8.97. The lowest BCUT2D eigenvalue weighted by Gasteiger charge is -2.29. The number of ether oxygens (including phenoxy) is 1. The fourth-order valence-corrected chi connectivity index (χ4v) is 3.36. The summed E-state index contributed by atoms with van der Waals surface area (Å²) in [5.74, 6) is 0.947. The maximum Gasteiger partial charge on any atom is 0.191 e. The number of anilines is 1. The number of nitrogens with one attached hydrogen (secondary N) is 2. The summed E-state index contributed by atoms with van der Waals surface area (Å²) in [4.78, 5) is 13.1. The van der Waals surface area contributed by atoms with Gasteiger partial charge in [-0.3, -0.25) is 4.99 Å². The molecule has 2 saturated heterocycles. The predicted octanol–water partition coefficient (Wildman–Crippen LogP) is 1.30. The highest BCUT2D eigenvalue weighted by molar-refractivity contribution is 14.0. The number of halogens is 2. The van der Waals surface area contributed by atoms with Crippen molar-refractivity contribution in [2.45, 2.75) is 25.5 Å². The summed E-state index contributed by atoms with van der Waals surface area (Å²) in [7, 11) is 2.10. The van der Waals surface area contributed by atoms with Crippen molar-refractivity contribution in [1.82, 2.24) is 20.5 Å². The zero-order valence-corrected chi connectivity index (χ0v) is 18.4. The summed E-state index contributed by atoms with van der Waals surface area (Å²) in [6.07, 6.45) is 2.68. The maximum absolute atomic E-state index is 13.9. The van der Waals surface area contributed by atoms with E-state index in [9.17, 15) is 4.39 Å². The van der Waals surface area contributed by atoms with E-state index in [4.69, 9.17) is 4.74 Å². The third kappa shape index (κ3) is 6.42. The minimum absolute atomic E-state index is 0. The summed E-state index contributed by atoms with van der Waals surface area (Å²) in [6, 6.07) is 3.28. The molecule has 3 rings (SSSR count). The molecule has 1 aromatic heterocycles. The minimum atomic E-state index is -0.271. The molecule has 2 fully saturated rings. The van der Waals surface area contributed by atoms with E-state index in [1.807, 2.05) is 11.8 Å². The van der Waals surface area contributed by atoms with E-state index in [2.05, 4.69) is 32.6 Å². The van der Waals surface area contributed by atoms with Crippen LogP contribution in [0, 0.1) is 5.82 Å². The Balaban J connectivity index is 0.00000261. The van der Waals surface area contributed by atoms with Gasteiger partial charge in [0.2, 0.25) is 0 Å². The Morgan fingerprint density at radius 1 is 1.41 bits per heavy atom. The number of rotatable bonds is 5. The summed E-state index contributed by atoms with van der Waals surface area (Å²) >= 11 is 0. The average Bonchev–Trinajstić information content (AvgIpc) is 3.09. The molecule has 0 radical (unpaired) electrons. The van der Waals surface area contributed by atoms with E-state index in [-0.39, 0.29) is 41.9 Å². The van der Waals surface area contributed by atoms with Crippen molar-refractivity contribution in [3.05, 3.63) is 24.1 Å². The Bertz CT molecular complexity index is 619. The smallest absolute Gasteiger partial charge is 0.191 e. The average molecular weight is 492 g/mol. The molecule has 1 aromatic rings. The van der Waals surface area contributed by atoms with Crippen LogP contribution < -0.4 is 15.5 Å². The van der Waals surface area contributed by atoms with E-state index in [1.54, 1.807) is 12.3 Å². The molecule has 7 nitrogen and oxygen atoms in total. The molecule has 0 aliphatic carbocycles. The van der Waals surface area contributed by atoms with Crippen molar-refractivity contribution in [3.8, 4) is 0 Å². The van der Waals surface area contributed by atoms with E-state index in [0.717, 1.165) is 45.2 Å². The van der Waals surface area contributed by atoms with Gasteiger partial charge in [0.25, 0.3) is 0 Å². The number of guanidine groups is 1. The first kappa shape index (κ1) is 22.1. The second-order valence-electron chi connectivity index (χ2n) is 6.86. The van der Waals surface area contributed by atoms with Gasteiger partial charge < -0.3 is 25.2 Å². The predicted molar refractivity (Wildman–Crippen MR) is 117 cm³/mol. The largest absolute Gasteiger partial charge is 0.374 e. The molecule has 3 heterocycles. The first-order chi connectivity index (χ1) is 12.7. The van der Waals surface area contributed by atoms with Crippen LogP contribution in [0.1, 0.15) is 13.3 Å². The molecule has 2 N–H and O–H groups in total. The molecule has 0 spiro atoms. The molecule has 9 heteroatoms. The van der Waals surface area contributed by atoms with E-state index < -0.39 is 0 Å². The van der Waals surface area contributed by atoms with Crippen LogP contribution in [0.2, 0.25) is 0 Å². The lowest BCUT2D eigenvalue weighted by molar-refractivity contribution is -0.0136. The lowest BCUT2D eigenvalue weighted by Crippen LogP contribution is -2.46. The Hall–Kier alpha value is -1.20. The SMILES string of the molecule is CCNC(=NCC1CN(C)CCO1)NC1CCN(c2ncccc2F)C1.I. The number of hydrogen-bond acceptors (Lipinski definition) is 5. The highest BCUT2D eigenvalue weighted by Gasteiger charge is 2.26. The van der Waals surface area contributed by atoms with Crippen LogP contribution in [0.4, 0.5) is 10.2 Å². The summed E-state index contributed by atoms with van der Waals surface area (Å²) < 4.78 is 19.7. The molecular weight excluding hydrogens is 462 g/mol. The van der Waals surface area contributed by atoms with Crippen molar-refractivity contribution in [2.75, 3.05) is 57.8 Å². The monoisotopic (exact) mass is 492 g/mol. The second-order valence-corrected chi connectivity index (χ2v) is 6.86. The van der Waals surface area contributed by atoms with Crippen LogP contribution in [0.3, 0.4) is 0 Å². The van der Waals surface area contributed by atoms with E-state index in [0.29, 0.717) is 18.9 Å². The number of morpholine rings is 1. The second kappa shape index (κ2) is 11.0. The quantitative estimate of drug-likeness (QED) is 0.367. The first-order valence-corrected chi connectivity index (χ1v) is 9.36. The molecule has 0 bridgehead atoms. The van der Waals surface area contributed by atoms with Gasteiger partial charge in [0.05, 0.1) is 19.3 Å². The van der Waals surface area contributed by atoms with E-state index >= 15 is 0 Å². The highest BCUT2D eigenvalue weighted by Crippen LogP contribution is 2.20. The third-order valence-electron chi connectivity index (χ3n) is 4.71. The van der Waals surface area contributed by atoms with Gasteiger partial charge in [0.1, 0.15) is 0 Å². The van der Waals surface area contributed by atoms with Gasteiger partial charge in [0.15, 0.2) is 17.6 Å². The van der Waals surface area contributed by atoms with Crippen LogP contribution >= 0.6 is 24.0 Å². The van der Waals surface area contributed by atoms with Gasteiger partial charge in [-0.2, -0.15) is 0 Å². The molecule has 152 valence electrons.